The number of anilines is 1. The van der Waals surface area contributed by atoms with Gasteiger partial charge in [-0.05, 0) is 46.8 Å². The third-order valence-electron chi connectivity index (χ3n) is 5.02. The molecule has 9 nitrogen and oxygen atoms in total. The van der Waals surface area contributed by atoms with Crippen molar-refractivity contribution in [1.29, 1.82) is 0 Å². The summed E-state index contributed by atoms with van der Waals surface area (Å²) in [5.41, 5.74) is -0.138. The Morgan fingerprint density at radius 1 is 1.07 bits per heavy atom. The summed E-state index contributed by atoms with van der Waals surface area (Å²) in [4.78, 5) is 26.0. The molecule has 3 N–H and O–H groups in total. The van der Waals surface area contributed by atoms with Crippen LogP contribution in [-0.4, -0.2) is 63.0 Å². The van der Waals surface area contributed by atoms with Gasteiger partial charge in [0, 0.05) is 0 Å². The summed E-state index contributed by atoms with van der Waals surface area (Å²) >= 11 is 0. The van der Waals surface area contributed by atoms with Crippen molar-refractivity contribution in [3.05, 3.63) is 28.3 Å². The van der Waals surface area contributed by atoms with Gasteiger partial charge in [-0.1, -0.05) is 0 Å². The fraction of sp³-hybridized carbons (Fsp3) is 0.650. The van der Waals surface area contributed by atoms with Gasteiger partial charge in [0.2, 0.25) is 6.10 Å². The number of nitrogens with one attached hydrogen (secondary N) is 3. The van der Waals surface area contributed by atoms with E-state index < -0.39 is 11.0 Å². The molecule has 0 unspecified atom stereocenters. The zero-order valence-corrected chi connectivity index (χ0v) is 18.2. The Labute approximate surface area is 173 Å². The van der Waals surface area contributed by atoms with E-state index in [9.17, 15) is 14.9 Å². The number of hydrogen-bond acceptors (Lipinski definition) is 5. The Balaban J connectivity index is 2.92. The summed E-state index contributed by atoms with van der Waals surface area (Å²) in [7, 11) is 0. The molecule has 29 heavy (non-hydrogen) atoms. The van der Waals surface area contributed by atoms with Gasteiger partial charge < -0.3 is 19.3 Å². The molecule has 0 aliphatic heterocycles. The van der Waals surface area contributed by atoms with E-state index in [2.05, 4.69) is 33.0 Å². The normalized spacial score (nSPS) is 11.2. The summed E-state index contributed by atoms with van der Waals surface area (Å²) < 4.78 is 11.0. The highest BCUT2D eigenvalue weighted by Gasteiger charge is 2.25. The van der Waals surface area contributed by atoms with Crippen molar-refractivity contribution in [3.63, 3.8) is 0 Å². The van der Waals surface area contributed by atoms with Crippen molar-refractivity contribution < 1.29 is 29.0 Å². The average molecular weight is 413 g/mol. The molecular weight excluding hydrogens is 376 g/mol. The minimum atomic E-state index is -0.680. The van der Waals surface area contributed by atoms with Crippen LogP contribution in [0.4, 0.5) is 16.2 Å². The summed E-state index contributed by atoms with van der Waals surface area (Å²) in [6.45, 7) is 15.8. The van der Waals surface area contributed by atoms with Crippen LogP contribution in [-0.2, 0) is 4.74 Å². The molecule has 0 aromatic heterocycles. The average Bonchev–Trinajstić information content (AvgIpc) is 2.70. The van der Waals surface area contributed by atoms with Crippen LogP contribution in [0.5, 0.6) is 5.75 Å². The Morgan fingerprint density at radius 2 is 1.62 bits per heavy atom. The van der Waals surface area contributed by atoms with Gasteiger partial charge >= 0.3 is 6.09 Å². The van der Waals surface area contributed by atoms with Crippen LogP contribution >= 0.6 is 0 Å². The number of ether oxygens (including phenoxy) is 2. The lowest BCUT2D eigenvalue weighted by Crippen LogP contribution is -3.16. The van der Waals surface area contributed by atoms with Gasteiger partial charge in [0.15, 0.2) is 0 Å². The number of amides is 1. The predicted molar refractivity (Wildman–Crippen MR) is 112 cm³/mol. The second-order valence-corrected chi connectivity index (χ2v) is 6.84. The van der Waals surface area contributed by atoms with Gasteiger partial charge in [-0.15, -0.1) is 0 Å². The van der Waals surface area contributed by atoms with Gasteiger partial charge in [-0.2, -0.15) is 0 Å². The Kier molecular flexibility index (Phi) is 11.0. The molecule has 1 aromatic carbocycles. The number of nitro groups is 1. The highest BCUT2D eigenvalue weighted by atomic mass is 16.6. The molecule has 1 aromatic rings. The van der Waals surface area contributed by atoms with E-state index >= 15 is 0 Å². The summed E-state index contributed by atoms with van der Waals surface area (Å²) in [6.07, 6.45) is -0.957. The first-order valence-electron chi connectivity index (χ1n) is 10.4. The number of carbonyl (C=O) groups is 1. The molecule has 0 bridgehead atoms. The van der Waals surface area contributed by atoms with Crippen molar-refractivity contribution in [1.82, 2.24) is 0 Å². The van der Waals surface area contributed by atoms with Gasteiger partial charge in [-0.3, -0.25) is 15.4 Å². The lowest BCUT2D eigenvalue weighted by atomic mass is 10.2. The third-order valence-corrected chi connectivity index (χ3v) is 5.02. The number of benzene rings is 1. The molecule has 0 atom stereocenters. The minimum Gasteiger partial charge on any atom is -0.494 e. The largest absolute Gasteiger partial charge is 0.494 e. The van der Waals surface area contributed by atoms with E-state index in [1.54, 1.807) is 13.0 Å². The van der Waals surface area contributed by atoms with Crippen molar-refractivity contribution in [2.45, 2.75) is 40.7 Å². The number of carbonyl (C=O) groups excluding carboxylic acids is 1. The van der Waals surface area contributed by atoms with Crippen molar-refractivity contribution in [2.75, 3.05) is 51.2 Å². The fourth-order valence-corrected chi connectivity index (χ4v) is 3.19. The molecule has 0 saturated carbocycles. The summed E-state index contributed by atoms with van der Waals surface area (Å²) in [5.74, 6) is 0.381. The topological polar surface area (TPSA) is 99.6 Å². The summed E-state index contributed by atoms with van der Waals surface area (Å²) in [5, 5.41) is 13.9. The molecule has 0 heterocycles. The second-order valence-electron chi connectivity index (χ2n) is 6.84. The van der Waals surface area contributed by atoms with Gasteiger partial charge in [-0.25, -0.2) is 4.79 Å². The lowest BCUT2D eigenvalue weighted by molar-refractivity contribution is -0.921. The first-order valence-corrected chi connectivity index (χ1v) is 10.4. The molecule has 1 rings (SSSR count). The van der Waals surface area contributed by atoms with Crippen LogP contribution in [0.25, 0.3) is 0 Å². The molecule has 0 aliphatic rings. The summed E-state index contributed by atoms with van der Waals surface area (Å²) in [6, 6.07) is 4.35. The number of nitrogens with zero attached hydrogens (tertiary/aromatic N) is 1. The maximum Gasteiger partial charge on any atom is 0.412 e. The first kappa shape index (κ1) is 24.6. The maximum absolute atomic E-state index is 12.5. The number of likely N-dealkylation sites (N-methyl/N-ethyl adjacent to an activating group) is 2. The van der Waals surface area contributed by atoms with Gasteiger partial charge in [0.05, 0.1) is 43.8 Å². The van der Waals surface area contributed by atoms with Crippen molar-refractivity contribution in [3.8, 4) is 5.75 Å². The Hall–Kier alpha value is -2.39. The van der Waals surface area contributed by atoms with Crippen molar-refractivity contribution in [2.24, 2.45) is 0 Å². The Bertz CT molecular complexity index is 634. The first-order chi connectivity index (χ1) is 13.9. The predicted octanol–water partition coefficient (Wildman–Crippen LogP) is 0.760. The van der Waals surface area contributed by atoms with E-state index in [0.717, 1.165) is 26.2 Å². The van der Waals surface area contributed by atoms with Crippen LogP contribution < -0.4 is 19.9 Å². The van der Waals surface area contributed by atoms with Crippen LogP contribution in [0, 0.1) is 10.1 Å². The number of rotatable bonds is 13. The highest BCUT2D eigenvalue weighted by Crippen LogP contribution is 2.29. The van der Waals surface area contributed by atoms with E-state index in [1.165, 1.54) is 21.9 Å². The standard InChI is InChI=1S/C20H34N4O5/c1-6-22(7-2)14-17(15-23(8-3)9-4)29-20(25)21-18-12-11-16(28-10-5)13-19(18)24(26)27/h11-13,17H,6-10,14-15H2,1-5H3,(H,21,25)/p+2. The Morgan fingerprint density at radius 3 is 2.07 bits per heavy atom. The van der Waals surface area contributed by atoms with Crippen LogP contribution in [0.2, 0.25) is 0 Å². The monoisotopic (exact) mass is 412 g/mol. The molecule has 0 spiro atoms. The third kappa shape index (κ3) is 8.25. The van der Waals surface area contributed by atoms with E-state index in [4.69, 9.17) is 9.47 Å². The number of quaternary nitrogens is 2. The lowest BCUT2D eigenvalue weighted by Gasteiger charge is -2.26. The second kappa shape index (κ2) is 12.9. The smallest absolute Gasteiger partial charge is 0.412 e. The van der Waals surface area contributed by atoms with E-state index in [1.807, 2.05) is 0 Å². The zero-order valence-electron chi connectivity index (χ0n) is 18.2. The zero-order chi connectivity index (χ0) is 21.8. The molecule has 0 aliphatic carbocycles. The molecule has 0 radical (unpaired) electrons. The van der Waals surface area contributed by atoms with Gasteiger partial charge in [0.25, 0.3) is 5.69 Å². The number of nitro benzene ring substituents is 1. The molecule has 164 valence electrons. The highest BCUT2D eigenvalue weighted by molar-refractivity contribution is 5.88. The maximum atomic E-state index is 12.5. The quantitative estimate of drug-likeness (QED) is 0.328. The molecule has 1 amide bonds. The van der Waals surface area contributed by atoms with E-state index in [0.29, 0.717) is 25.4 Å². The SMILES string of the molecule is CCOc1ccc(NC(=O)OC(C[NH+](CC)CC)C[NH+](CC)CC)c([N+](=O)[O-])c1. The van der Waals surface area contributed by atoms with Crippen molar-refractivity contribution >= 4 is 17.5 Å². The molecule has 0 fully saturated rings. The van der Waals surface area contributed by atoms with Crippen LogP contribution in [0.1, 0.15) is 34.6 Å². The molecular formula is C20H36N4O5+2. The van der Waals surface area contributed by atoms with Crippen LogP contribution in [0.3, 0.4) is 0 Å². The fourth-order valence-electron chi connectivity index (χ4n) is 3.19. The number of hydrogen-bond donors (Lipinski definition) is 3. The van der Waals surface area contributed by atoms with Crippen LogP contribution in [0.15, 0.2) is 18.2 Å². The minimum absolute atomic E-state index is 0.0903. The van der Waals surface area contributed by atoms with E-state index in [-0.39, 0.29) is 17.5 Å². The molecule has 9 heteroatoms. The van der Waals surface area contributed by atoms with Gasteiger partial charge in [0.1, 0.15) is 24.5 Å². The molecule has 0 saturated heterocycles.